The minimum atomic E-state index is -3.66. The molecule has 138 valence electrons. The summed E-state index contributed by atoms with van der Waals surface area (Å²) >= 11 is 0. The molecule has 2 aromatic carbocycles. The average molecular weight is 373 g/mol. The zero-order valence-electron chi connectivity index (χ0n) is 15.4. The maximum absolute atomic E-state index is 13.1. The van der Waals surface area contributed by atoms with E-state index in [9.17, 15) is 13.2 Å². The molecule has 0 saturated heterocycles. The zero-order chi connectivity index (χ0) is 19.1. The Kier molecular flexibility index (Phi) is 4.77. The van der Waals surface area contributed by atoms with E-state index in [0.717, 1.165) is 11.1 Å². The van der Waals surface area contributed by atoms with Crippen LogP contribution in [0.3, 0.4) is 0 Å². The summed E-state index contributed by atoms with van der Waals surface area (Å²) in [7, 11) is -0.344. The molecule has 0 N–H and O–H groups in total. The Morgan fingerprint density at radius 2 is 1.58 bits per heavy atom. The highest BCUT2D eigenvalue weighted by atomic mass is 32.2. The van der Waals surface area contributed by atoms with Gasteiger partial charge in [0.15, 0.2) is 0 Å². The number of sulfonamides is 1. The third-order valence-corrected chi connectivity index (χ3v) is 6.63. The van der Waals surface area contributed by atoms with E-state index in [1.54, 1.807) is 32.3 Å². The molecular formula is C19H23N3O3S. The summed E-state index contributed by atoms with van der Waals surface area (Å²) in [6.45, 7) is 4.49. The molecule has 1 heterocycles. The highest BCUT2D eigenvalue weighted by Crippen LogP contribution is 2.22. The van der Waals surface area contributed by atoms with Gasteiger partial charge in [-0.1, -0.05) is 36.8 Å². The van der Waals surface area contributed by atoms with Gasteiger partial charge in [-0.15, -0.1) is 0 Å². The quantitative estimate of drug-likeness (QED) is 0.690. The van der Waals surface area contributed by atoms with Crippen LogP contribution in [0.25, 0.3) is 11.0 Å². The van der Waals surface area contributed by atoms with Gasteiger partial charge in [0.05, 0.1) is 15.9 Å². The largest absolute Gasteiger partial charge is 0.328 e. The van der Waals surface area contributed by atoms with E-state index in [1.165, 1.54) is 13.4 Å². The van der Waals surface area contributed by atoms with Crippen molar-refractivity contribution in [1.29, 1.82) is 0 Å². The minimum Gasteiger partial charge on any atom is -0.295 e. The van der Waals surface area contributed by atoms with Crippen molar-refractivity contribution in [3.05, 3.63) is 64.1 Å². The summed E-state index contributed by atoms with van der Waals surface area (Å²) in [5, 5.41) is 0. The lowest BCUT2D eigenvalue weighted by atomic mass is 10.1. The van der Waals surface area contributed by atoms with Gasteiger partial charge < -0.3 is 0 Å². The molecule has 0 amide bonds. The molecule has 0 spiro atoms. The first kappa shape index (κ1) is 18.4. The Balaban J connectivity index is 2.02. The molecular weight excluding hydrogens is 350 g/mol. The number of fused-ring (bicyclic) bond motifs is 1. The normalized spacial score (nSPS) is 12.2. The minimum absolute atomic E-state index is 0.179. The van der Waals surface area contributed by atoms with E-state index in [4.69, 9.17) is 0 Å². The second-order valence-electron chi connectivity index (χ2n) is 6.47. The summed E-state index contributed by atoms with van der Waals surface area (Å²) in [6, 6.07) is 12.7. The van der Waals surface area contributed by atoms with Gasteiger partial charge in [-0.25, -0.2) is 13.2 Å². The Labute approximate surface area is 153 Å². The van der Waals surface area contributed by atoms with E-state index >= 15 is 0 Å². The lowest BCUT2D eigenvalue weighted by molar-refractivity contribution is 0.423. The zero-order valence-corrected chi connectivity index (χ0v) is 16.2. The molecule has 3 rings (SSSR count). The third kappa shape index (κ3) is 3.08. The van der Waals surface area contributed by atoms with Crippen LogP contribution in [-0.2, 0) is 30.7 Å². The second kappa shape index (κ2) is 6.74. The predicted octanol–water partition coefficient (Wildman–Crippen LogP) is 2.40. The van der Waals surface area contributed by atoms with E-state index in [2.05, 4.69) is 0 Å². The molecule has 0 aliphatic rings. The fourth-order valence-electron chi connectivity index (χ4n) is 3.06. The van der Waals surface area contributed by atoms with Crippen molar-refractivity contribution in [1.82, 2.24) is 13.4 Å². The van der Waals surface area contributed by atoms with Gasteiger partial charge in [0, 0.05) is 27.2 Å². The van der Waals surface area contributed by atoms with E-state index in [1.807, 2.05) is 38.1 Å². The monoisotopic (exact) mass is 373 g/mol. The van der Waals surface area contributed by atoms with Crippen molar-refractivity contribution in [2.45, 2.75) is 25.3 Å². The maximum atomic E-state index is 13.1. The lowest BCUT2D eigenvalue weighted by Gasteiger charge is -2.21. The number of rotatable bonds is 5. The second-order valence-corrected chi connectivity index (χ2v) is 8.41. The number of aryl methyl sites for hydroxylation is 3. The summed E-state index contributed by atoms with van der Waals surface area (Å²) in [6.07, 6.45) is 0. The smallest absolute Gasteiger partial charge is 0.295 e. The first-order valence-corrected chi connectivity index (χ1v) is 9.91. The number of imidazole rings is 1. The fraction of sp³-hybridized carbons (Fsp3) is 0.316. The van der Waals surface area contributed by atoms with Crippen LogP contribution in [0.2, 0.25) is 0 Å². The van der Waals surface area contributed by atoms with Crippen LogP contribution < -0.4 is 5.69 Å². The predicted molar refractivity (Wildman–Crippen MR) is 103 cm³/mol. The standard InChI is InChI=1S/C19H23N3O3S/c1-5-22(13-15-8-6-14(2)7-9-15)26(24,25)16-10-11-17-18(12-16)21(4)19(23)20(17)3/h6-12H,5,13H2,1-4H3. The van der Waals surface area contributed by atoms with Gasteiger partial charge in [-0.2, -0.15) is 4.31 Å². The van der Waals surface area contributed by atoms with Crippen LogP contribution in [0.5, 0.6) is 0 Å². The van der Waals surface area contributed by atoms with Crippen LogP contribution in [-0.4, -0.2) is 28.4 Å². The van der Waals surface area contributed by atoms with Crippen molar-refractivity contribution in [3.63, 3.8) is 0 Å². The van der Waals surface area contributed by atoms with Crippen molar-refractivity contribution in [3.8, 4) is 0 Å². The topological polar surface area (TPSA) is 64.3 Å². The van der Waals surface area contributed by atoms with Gasteiger partial charge in [0.25, 0.3) is 0 Å². The molecule has 7 heteroatoms. The molecule has 1 aromatic heterocycles. The first-order valence-electron chi connectivity index (χ1n) is 8.47. The number of hydrogen-bond donors (Lipinski definition) is 0. The molecule has 0 aliphatic carbocycles. The molecule has 6 nitrogen and oxygen atoms in total. The number of aromatic nitrogens is 2. The number of hydrogen-bond acceptors (Lipinski definition) is 3. The van der Waals surface area contributed by atoms with Crippen LogP contribution >= 0.6 is 0 Å². The SMILES string of the molecule is CCN(Cc1ccc(C)cc1)S(=O)(=O)c1ccc2c(c1)n(C)c(=O)n2C. The van der Waals surface area contributed by atoms with Gasteiger partial charge in [0.2, 0.25) is 10.0 Å². The fourth-order valence-corrected chi connectivity index (χ4v) is 4.52. The number of benzene rings is 2. The van der Waals surface area contributed by atoms with E-state index < -0.39 is 10.0 Å². The van der Waals surface area contributed by atoms with Gasteiger partial charge in [-0.3, -0.25) is 9.13 Å². The number of nitrogens with zero attached hydrogens (tertiary/aromatic N) is 3. The molecule has 0 unspecified atom stereocenters. The van der Waals surface area contributed by atoms with E-state index in [0.29, 0.717) is 24.1 Å². The van der Waals surface area contributed by atoms with Crippen LogP contribution in [0.1, 0.15) is 18.1 Å². The average Bonchev–Trinajstić information content (AvgIpc) is 2.85. The first-order chi connectivity index (χ1) is 12.3. The third-order valence-electron chi connectivity index (χ3n) is 4.71. The summed E-state index contributed by atoms with van der Waals surface area (Å²) in [5.74, 6) is 0. The van der Waals surface area contributed by atoms with Crippen molar-refractivity contribution in [2.24, 2.45) is 14.1 Å². The Bertz CT molecular complexity index is 1110. The Morgan fingerprint density at radius 3 is 2.19 bits per heavy atom. The molecule has 0 atom stereocenters. The lowest BCUT2D eigenvalue weighted by Crippen LogP contribution is -2.30. The van der Waals surface area contributed by atoms with Gasteiger partial charge in [0.1, 0.15) is 0 Å². The highest BCUT2D eigenvalue weighted by Gasteiger charge is 2.24. The molecule has 0 bridgehead atoms. The van der Waals surface area contributed by atoms with Crippen molar-refractivity contribution >= 4 is 21.1 Å². The van der Waals surface area contributed by atoms with Gasteiger partial charge in [-0.05, 0) is 30.7 Å². The molecule has 0 radical (unpaired) electrons. The molecule has 26 heavy (non-hydrogen) atoms. The summed E-state index contributed by atoms with van der Waals surface area (Å²) < 4.78 is 30.6. The van der Waals surface area contributed by atoms with Crippen molar-refractivity contribution < 1.29 is 8.42 Å². The molecule has 3 aromatic rings. The van der Waals surface area contributed by atoms with Gasteiger partial charge >= 0.3 is 5.69 Å². The highest BCUT2D eigenvalue weighted by molar-refractivity contribution is 7.89. The molecule has 0 fully saturated rings. The summed E-state index contributed by atoms with van der Waals surface area (Å²) in [4.78, 5) is 12.3. The van der Waals surface area contributed by atoms with Crippen LogP contribution in [0.4, 0.5) is 0 Å². The van der Waals surface area contributed by atoms with Crippen LogP contribution in [0.15, 0.2) is 52.2 Å². The Morgan fingerprint density at radius 1 is 0.962 bits per heavy atom. The van der Waals surface area contributed by atoms with E-state index in [-0.39, 0.29) is 10.6 Å². The Hall–Kier alpha value is -2.38. The summed E-state index contributed by atoms with van der Waals surface area (Å²) in [5.41, 5.74) is 3.20. The molecule has 0 saturated carbocycles. The van der Waals surface area contributed by atoms with Crippen LogP contribution in [0, 0.1) is 6.92 Å². The molecule has 0 aliphatic heterocycles. The van der Waals surface area contributed by atoms with Crippen molar-refractivity contribution in [2.75, 3.05) is 6.54 Å². The maximum Gasteiger partial charge on any atom is 0.328 e.